The molecule has 1 aromatic heterocycles. The van der Waals surface area contributed by atoms with Crippen molar-refractivity contribution in [2.45, 2.75) is 50.7 Å². The summed E-state index contributed by atoms with van der Waals surface area (Å²) in [5.74, 6) is 0. The van der Waals surface area contributed by atoms with Crippen molar-refractivity contribution in [2.24, 2.45) is 12.8 Å². The first-order chi connectivity index (χ1) is 8.07. The first-order valence-electron chi connectivity index (χ1n) is 6.38. The van der Waals surface area contributed by atoms with Gasteiger partial charge in [0.05, 0.1) is 11.3 Å². The third-order valence-corrected chi connectivity index (χ3v) is 4.06. The van der Waals surface area contributed by atoms with Crippen molar-refractivity contribution in [1.29, 1.82) is 0 Å². The molecule has 0 aromatic carbocycles. The SMILES string of the molecule is COC1(C(N)Cc2cc(C)nn2C)CCCC1. The Hall–Kier alpha value is -0.870. The molecule has 1 fully saturated rings. The quantitative estimate of drug-likeness (QED) is 0.864. The highest BCUT2D eigenvalue weighted by molar-refractivity contribution is 5.12. The van der Waals surface area contributed by atoms with Gasteiger partial charge in [0.2, 0.25) is 0 Å². The van der Waals surface area contributed by atoms with Crippen LogP contribution in [0, 0.1) is 6.92 Å². The van der Waals surface area contributed by atoms with Gasteiger partial charge in [0, 0.05) is 32.3 Å². The van der Waals surface area contributed by atoms with Crippen molar-refractivity contribution in [3.05, 3.63) is 17.5 Å². The molecule has 1 aromatic rings. The molecule has 4 heteroatoms. The molecule has 0 spiro atoms. The van der Waals surface area contributed by atoms with Crippen LogP contribution in [-0.2, 0) is 18.2 Å². The molecular formula is C13H23N3O. The van der Waals surface area contributed by atoms with Crippen LogP contribution in [0.1, 0.15) is 37.1 Å². The summed E-state index contributed by atoms with van der Waals surface area (Å²) in [4.78, 5) is 0. The van der Waals surface area contributed by atoms with Gasteiger partial charge in [-0.05, 0) is 25.8 Å². The van der Waals surface area contributed by atoms with E-state index < -0.39 is 0 Å². The summed E-state index contributed by atoms with van der Waals surface area (Å²) >= 11 is 0. The van der Waals surface area contributed by atoms with Gasteiger partial charge in [0.15, 0.2) is 0 Å². The lowest BCUT2D eigenvalue weighted by Crippen LogP contribution is -2.49. The molecule has 0 radical (unpaired) electrons. The van der Waals surface area contributed by atoms with Crippen LogP contribution >= 0.6 is 0 Å². The van der Waals surface area contributed by atoms with E-state index in [-0.39, 0.29) is 11.6 Å². The Morgan fingerprint density at radius 2 is 2.18 bits per heavy atom. The number of ether oxygens (including phenoxy) is 1. The van der Waals surface area contributed by atoms with Gasteiger partial charge < -0.3 is 10.5 Å². The number of aromatic nitrogens is 2. The van der Waals surface area contributed by atoms with Gasteiger partial charge in [0.25, 0.3) is 0 Å². The van der Waals surface area contributed by atoms with Gasteiger partial charge in [-0.3, -0.25) is 4.68 Å². The van der Waals surface area contributed by atoms with E-state index in [1.54, 1.807) is 7.11 Å². The van der Waals surface area contributed by atoms with Crippen LogP contribution in [0.3, 0.4) is 0 Å². The molecule has 1 heterocycles. The maximum Gasteiger partial charge on any atom is 0.0832 e. The van der Waals surface area contributed by atoms with E-state index >= 15 is 0 Å². The van der Waals surface area contributed by atoms with E-state index in [1.165, 1.54) is 18.5 Å². The molecule has 1 saturated carbocycles. The van der Waals surface area contributed by atoms with Gasteiger partial charge in [-0.25, -0.2) is 0 Å². The average Bonchev–Trinajstić information content (AvgIpc) is 2.87. The summed E-state index contributed by atoms with van der Waals surface area (Å²) in [6, 6.07) is 2.17. The molecule has 1 atom stereocenters. The third kappa shape index (κ3) is 2.38. The zero-order valence-corrected chi connectivity index (χ0v) is 11.1. The highest BCUT2D eigenvalue weighted by atomic mass is 16.5. The van der Waals surface area contributed by atoms with Crippen molar-refractivity contribution in [1.82, 2.24) is 9.78 Å². The van der Waals surface area contributed by atoms with Gasteiger partial charge in [-0.2, -0.15) is 5.10 Å². The second-order valence-corrected chi connectivity index (χ2v) is 5.19. The summed E-state index contributed by atoms with van der Waals surface area (Å²) in [7, 11) is 3.77. The van der Waals surface area contributed by atoms with Crippen LogP contribution in [0.5, 0.6) is 0 Å². The summed E-state index contributed by atoms with van der Waals surface area (Å²) in [5.41, 5.74) is 8.50. The van der Waals surface area contributed by atoms with Crippen LogP contribution in [0.4, 0.5) is 0 Å². The lowest BCUT2D eigenvalue weighted by Gasteiger charge is -2.33. The maximum absolute atomic E-state index is 6.37. The lowest BCUT2D eigenvalue weighted by atomic mass is 9.89. The Labute approximate surface area is 103 Å². The van der Waals surface area contributed by atoms with Crippen molar-refractivity contribution in [3.63, 3.8) is 0 Å². The Morgan fingerprint density at radius 3 is 2.65 bits per heavy atom. The molecule has 1 aliphatic rings. The summed E-state index contributed by atoms with van der Waals surface area (Å²) < 4.78 is 7.65. The number of nitrogens with zero attached hydrogens (tertiary/aromatic N) is 2. The molecule has 2 N–H and O–H groups in total. The van der Waals surface area contributed by atoms with E-state index in [0.717, 1.165) is 25.0 Å². The molecule has 1 aliphatic carbocycles. The highest BCUT2D eigenvalue weighted by Gasteiger charge is 2.39. The predicted molar refractivity (Wildman–Crippen MR) is 67.8 cm³/mol. The summed E-state index contributed by atoms with van der Waals surface area (Å²) in [6.07, 6.45) is 5.46. The molecule has 0 saturated heterocycles. The second kappa shape index (κ2) is 4.78. The summed E-state index contributed by atoms with van der Waals surface area (Å²) in [6.45, 7) is 2.01. The minimum atomic E-state index is -0.113. The second-order valence-electron chi connectivity index (χ2n) is 5.19. The Bertz CT molecular complexity index is 380. The molecular weight excluding hydrogens is 214 g/mol. The number of aryl methyl sites for hydroxylation is 2. The van der Waals surface area contributed by atoms with Crippen LogP contribution in [-0.4, -0.2) is 28.5 Å². The lowest BCUT2D eigenvalue weighted by molar-refractivity contribution is -0.0257. The van der Waals surface area contributed by atoms with Gasteiger partial charge in [-0.15, -0.1) is 0 Å². The molecule has 1 unspecified atom stereocenters. The topological polar surface area (TPSA) is 53.1 Å². The fourth-order valence-corrected chi connectivity index (χ4v) is 2.97. The van der Waals surface area contributed by atoms with E-state index in [1.807, 2.05) is 18.7 Å². The largest absolute Gasteiger partial charge is 0.377 e. The van der Waals surface area contributed by atoms with Crippen molar-refractivity contribution >= 4 is 0 Å². The van der Waals surface area contributed by atoms with Gasteiger partial charge >= 0.3 is 0 Å². The molecule has 17 heavy (non-hydrogen) atoms. The Kier molecular flexibility index (Phi) is 3.54. The fourth-order valence-electron chi connectivity index (χ4n) is 2.97. The zero-order chi connectivity index (χ0) is 12.5. The number of hydrogen-bond acceptors (Lipinski definition) is 3. The summed E-state index contributed by atoms with van der Waals surface area (Å²) in [5, 5.41) is 4.36. The molecule has 0 bridgehead atoms. The Balaban J connectivity index is 2.10. The first-order valence-corrected chi connectivity index (χ1v) is 6.38. The normalized spacial score (nSPS) is 20.7. The van der Waals surface area contributed by atoms with Crippen LogP contribution in [0.2, 0.25) is 0 Å². The minimum absolute atomic E-state index is 0.0600. The molecule has 0 amide bonds. The average molecular weight is 237 g/mol. The molecule has 96 valence electrons. The predicted octanol–water partition coefficient (Wildman–Crippen LogP) is 1.56. The minimum Gasteiger partial charge on any atom is -0.377 e. The van der Waals surface area contributed by atoms with E-state index in [0.29, 0.717) is 0 Å². The standard InChI is InChI=1S/C13H23N3O/c1-10-8-11(16(2)15-10)9-12(14)13(17-3)6-4-5-7-13/h8,12H,4-7,9,14H2,1-3H3. The smallest absolute Gasteiger partial charge is 0.0832 e. The number of methoxy groups -OCH3 is 1. The van der Waals surface area contributed by atoms with E-state index in [4.69, 9.17) is 10.5 Å². The third-order valence-electron chi connectivity index (χ3n) is 4.06. The zero-order valence-electron chi connectivity index (χ0n) is 11.1. The van der Waals surface area contributed by atoms with Gasteiger partial charge in [0.1, 0.15) is 0 Å². The van der Waals surface area contributed by atoms with Crippen LogP contribution in [0.25, 0.3) is 0 Å². The van der Waals surface area contributed by atoms with Crippen LogP contribution < -0.4 is 5.73 Å². The maximum atomic E-state index is 6.37. The Morgan fingerprint density at radius 1 is 1.53 bits per heavy atom. The number of nitrogens with two attached hydrogens (primary N) is 1. The van der Waals surface area contributed by atoms with E-state index in [2.05, 4.69) is 11.2 Å². The van der Waals surface area contributed by atoms with E-state index in [9.17, 15) is 0 Å². The van der Waals surface area contributed by atoms with Crippen LogP contribution in [0.15, 0.2) is 6.07 Å². The molecule has 0 aliphatic heterocycles. The monoisotopic (exact) mass is 237 g/mol. The van der Waals surface area contributed by atoms with Crippen molar-refractivity contribution in [3.8, 4) is 0 Å². The number of hydrogen-bond donors (Lipinski definition) is 1. The number of rotatable bonds is 4. The fraction of sp³-hybridized carbons (Fsp3) is 0.769. The van der Waals surface area contributed by atoms with Gasteiger partial charge in [-0.1, -0.05) is 12.8 Å². The molecule has 2 rings (SSSR count). The first kappa shape index (κ1) is 12.6. The van der Waals surface area contributed by atoms with Crippen molar-refractivity contribution in [2.75, 3.05) is 7.11 Å². The molecule has 4 nitrogen and oxygen atoms in total. The highest BCUT2D eigenvalue weighted by Crippen LogP contribution is 2.35. The van der Waals surface area contributed by atoms with Crippen molar-refractivity contribution < 1.29 is 4.74 Å².